The zero-order chi connectivity index (χ0) is 19.5. The summed E-state index contributed by atoms with van der Waals surface area (Å²) < 4.78 is 4.63. The van der Waals surface area contributed by atoms with Crippen molar-refractivity contribution in [3.8, 4) is 0 Å². The highest BCUT2D eigenvalue weighted by Gasteiger charge is 2.30. The van der Waals surface area contributed by atoms with E-state index in [-0.39, 0.29) is 41.9 Å². The van der Waals surface area contributed by atoms with Crippen LogP contribution < -0.4 is 15.5 Å². The fourth-order valence-electron chi connectivity index (χ4n) is 3.03. The van der Waals surface area contributed by atoms with Crippen molar-refractivity contribution in [2.75, 3.05) is 31.6 Å². The SMILES string of the molecule is CCNC(=NCCCCCC(=O)OC)NC1CC(=O)N(c2ccccc2)C1.I. The van der Waals surface area contributed by atoms with E-state index in [0.717, 1.165) is 37.5 Å². The van der Waals surface area contributed by atoms with Crippen molar-refractivity contribution in [1.29, 1.82) is 0 Å². The first-order chi connectivity index (χ1) is 13.1. The number of hydrogen-bond acceptors (Lipinski definition) is 4. The minimum Gasteiger partial charge on any atom is -0.469 e. The van der Waals surface area contributed by atoms with Gasteiger partial charge < -0.3 is 20.3 Å². The van der Waals surface area contributed by atoms with Crippen LogP contribution in [0.2, 0.25) is 0 Å². The van der Waals surface area contributed by atoms with Gasteiger partial charge >= 0.3 is 5.97 Å². The van der Waals surface area contributed by atoms with E-state index in [1.54, 1.807) is 0 Å². The van der Waals surface area contributed by atoms with Gasteiger partial charge in [0.15, 0.2) is 5.96 Å². The van der Waals surface area contributed by atoms with E-state index in [2.05, 4.69) is 20.4 Å². The molecule has 1 aliphatic heterocycles. The Morgan fingerprint density at radius 1 is 1.25 bits per heavy atom. The fraction of sp³-hybridized carbons (Fsp3) is 0.550. The number of nitrogens with zero attached hydrogens (tertiary/aromatic N) is 2. The van der Waals surface area contributed by atoms with E-state index < -0.39 is 0 Å². The van der Waals surface area contributed by atoms with Gasteiger partial charge in [0.25, 0.3) is 0 Å². The molecular formula is C20H31IN4O3. The van der Waals surface area contributed by atoms with E-state index >= 15 is 0 Å². The van der Waals surface area contributed by atoms with Crippen LogP contribution in [0, 0.1) is 0 Å². The Morgan fingerprint density at radius 3 is 2.68 bits per heavy atom. The predicted molar refractivity (Wildman–Crippen MR) is 122 cm³/mol. The average Bonchev–Trinajstić information content (AvgIpc) is 3.05. The third-order valence-electron chi connectivity index (χ3n) is 4.41. The minimum absolute atomic E-state index is 0. The number of methoxy groups -OCH3 is 1. The number of unbranched alkanes of at least 4 members (excludes halogenated alkanes) is 2. The summed E-state index contributed by atoms with van der Waals surface area (Å²) in [6, 6.07) is 9.77. The maximum Gasteiger partial charge on any atom is 0.305 e. The second-order valence-corrected chi connectivity index (χ2v) is 6.53. The molecule has 1 unspecified atom stereocenters. The van der Waals surface area contributed by atoms with E-state index in [4.69, 9.17) is 0 Å². The molecule has 1 amide bonds. The molecule has 1 atom stereocenters. The van der Waals surface area contributed by atoms with Crippen molar-refractivity contribution in [2.45, 2.75) is 45.1 Å². The summed E-state index contributed by atoms with van der Waals surface area (Å²) in [5, 5.41) is 6.60. The summed E-state index contributed by atoms with van der Waals surface area (Å²) in [6.07, 6.45) is 3.57. The summed E-state index contributed by atoms with van der Waals surface area (Å²) in [5.41, 5.74) is 0.930. The van der Waals surface area contributed by atoms with Crippen molar-refractivity contribution in [3.63, 3.8) is 0 Å². The standard InChI is InChI=1S/C20H30N4O3.HI/c1-3-21-20(22-13-9-5-8-12-19(26)27-2)23-16-14-18(25)24(15-16)17-10-6-4-7-11-17;/h4,6-7,10-11,16H,3,5,8-9,12-15H2,1-2H3,(H2,21,22,23);1H. The number of hydrogen-bond donors (Lipinski definition) is 2. The number of halogens is 1. The smallest absolute Gasteiger partial charge is 0.305 e. The number of esters is 1. The highest BCUT2D eigenvalue weighted by Crippen LogP contribution is 2.20. The molecule has 1 heterocycles. The molecule has 0 aliphatic carbocycles. The third kappa shape index (κ3) is 8.04. The van der Waals surface area contributed by atoms with Gasteiger partial charge in [0.1, 0.15) is 0 Å². The quantitative estimate of drug-likeness (QED) is 0.179. The molecule has 0 bridgehead atoms. The van der Waals surface area contributed by atoms with E-state index in [0.29, 0.717) is 25.9 Å². The lowest BCUT2D eigenvalue weighted by atomic mass is 10.2. The summed E-state index contributed by atoms with van der Waals surface area (Å²) >= 11 is 0. The molecular weight excluding hydrogens is 471 g/mol. The number of aliphatic imine (C=N–C) groups is 1. The first kappa shape index (κ1) is 24.2. The molecule has 1 saturated heterocycles. The monoisotopic (exact) mass is 502 g/mol. The number of nitrogens with one attached hydrogen (secondary N) is 2. The summed E-state index contributed by atoms with van der Waals surface area (Å²) in [4.78, 5) is 29.8. The van der Waals surface area contributed by atoms with Crippen molar-refractivity contribution in [1.82, 2.24) is 10.6 Å². The summed E-state index contributed by atoms with van der Waals surface area (Å²) in [5.74, 6) is 0.693. The molecule has 0 radical (unpaired) electrons. The molecule has 0 aromatic heterocycles. The first-order valence-corrected chi connectivity index (χ1v) is 9.61. The average molecular weight is 502 g/mol. The fourth-order valence-corrected chi connectivity index (χ4v) is 3.03. The Bertz CT molecular complexity index is 640. The third-order valence-corrected chi connectivity index (χ3v) is 4.41. The number of anilines is 1. The molecule has 7 nitrogen and oxygen atoms in total. The van der Waals surface area contributed by atoms with Crippen LogP contribution >= 0.6 is 24.0 Å². The van der Waals surface area contributed by atoms with Gasteiger partial charge in [-0.3, -0.25) is 14.6 Å². The Hall–Kier alpha value is -1.84. The zero-order valence-electron chi connectivity index (χ0n) is 16.6. The van der Waals surface area contributed by atoms with Crippen LogP contribution in [0.4, 0.5) is 5.69 Å². The molecule has 2 N–H and O–H groups in total. The molecule has 28 heavy (non-hydrogen) atoms. The molecule has 0 spiro atoms. The topological polar surface area (TPSA) is 83.0 Å². The highest BCUT2D eigenvalue weighted by atomic mass is 127. The number of ether oxygens (including phenoxy) is 1. The molecule has 1 aromatic carbocycles. The van der Waals surface area contributed by atoms with Gasteiger partial charge in [-0.05, 0) is 31.9 Å². The van der Waals surface area contributed by atoms with Gasteiger partial charge in [-0.25, -0.2) is 0 Å². The second-order valence-electron chi connectivity index (χ2n) is 6.53. The maximum absolute atomic E-state index is 12.3. The van der Waals surface area contributed by atoms with Crippen LogP contribution in [-0.4, -0.2) is 50.6 Å². The highest BCUT2D eigenvalue weighted by molar-refractivity contribution is 14.0. The van der Waals surface area contributed by atoms with Crippen LogP contribution in [0.5, 0.6) is 0 Å². The Morgan fingerprint density at radius 2 is 2.00 bits per heavy atom. The van der Waals surface area contributed by atoms with Crippen molar-refractivity contribution in [2.24, 2.45) is 4.99 Å². The summed E-state index contributed by atoms with van der Waals surface area (Å²) in [7, 11) is 1.41. The van der Waals surface area contributed by atoms with Crippen LogP contribution in [0.3, 0.4) is 0 Å². The first-order valence-electron chi connectivity index (χ1n) is 9.61. The van der Waals surface area contributed by atoms with Crippen molar-refractivity contribution in [3.05, 3.63) is 30.3 Å². The number of carbonyl (C=O) groups excluding carboxylic acids is 2. The normalized spacial score (nSPS) is 16.5. The van der Waals surface area contributed by atoms with Crippen LogP contribution in [-0.2, 0) is 14.3 Å². The Labute approximate surface area is 184 Å². The number of guanidine groups is 1. The second kappa shape index (κ2) is 13.4. The van der Waals surface area contributed by atoms with Gasteiger partial charge in [-0.15, -0.1) is 24.0 Å². The molecule has 156 valence electrons. The Kier molecular flexibility index (Phi) is 11.5. The molecule has 0 saturated carbocycles. The lowest BCUT2D eigenvalue weighted by molar-refractivity contribution is -0.140. The van der Waals surface area contributed by atoms with Crippen LogP contribution in [0.15, 0.2) is 35.3 Å². The van der Waals surface area contributed by atoms with Gasteiger partial charge in [0, 0.05) is 38.2 Å². The predicted octanol–water partition coefficient (Wildman–Crippen LogP) is 2.70. The minimum atomic E-state index is -0.164. The van der Waals surface area contributed by atoms with Gasteiger partial charge in [0.05, 0.1) is 13.2 Å². The number of benzene rings is 1. The van der Waals surface area contributed by atoms with Crippen molar-refractivity contribution < 1.29 is 14.3 Å². The largest absolute Gasteiger partial charge is 0.469 e. The zero-order valence-corrected chi connectivity index (χ0v) is 19.0. The van der Waals surface area contributed by atoms with Crippen LogP contribution in [0.25, 0.3) is 0 Å². The van der Waals surface area contributed by atoms with Gasteiger partial charge in [-0.2, -0.15) is 0 Å². The van der Waals surface area contributed by atoms with E-state index in [1.165, 1.54) is 7.11 Å². The maximum atomic E-state index is 12.3. The molecule has 1 aliphatic rings. The Balaban J connectivity index is 0.00000392. The molecule has 1 fully saturated rings. The summed E-state index contributed by atoms with van der Waals surface area (Å²) in [6.45, 7) is 4.09. The number of para-hydroxylation sites is 1. The molecule has 1 aromatic rings. The van der Waals surface area contributed by atoms with Gasteiger partial charge in [0.2, 0.25) is 5.91 Å². The molecule has 2 rings (SSSR count). The number of amides is 1. The van der Waals surface area contributed by atoms with Crippen LogP contribution in [0.1, 0.15) is 39.0 Å². The van der Waals surface area contributed by atoms with E-state index in [1.807, 2.05) is 42.2 Å². The lowest BCUT2D eigenvalue weighted by Crippen LogP contribution is -2.44. The van der Waals surface area contributed by atoms with Gasteiger partial charge in [-0.1, -0.05) is 24.6 Å². The van der Waals surface area contributed by atoms with E-state index in [9.17, 15) is 9.59 Å². The van der Waals surface area contributed by atoms with Crippen molar-refractivity contribution >= 4 is 47.5 Å². The number of carbonyl (C=O) groups is 2. The number of rotatable bonds is 9. The lowest BCUT2D eigenvalue weighted by Gasteiger charge is -2.19. The molecule has 8 heteroatoms.